The van der Waals surface area contributed by atoms with Gasteiger partial charge in [0.2, 0.25) is 0 Å². The first-order chi connectivity index (χ1) is 8.29. The van der Waals surface area contributed by atoms with Crippen molar-refractivity contribution >= 4 is 17.1 Å². The fraction of sp³-hybridized carbons (Fsp3) is 0.417. The van der Waals surface area contributed by atoms with Gasteiger partial charge in [-0.25, -0.2) is 9.97 Å². The lowest BCUT2D eigenvalue weighted by Crippen LogP contribution is -2.07. The van der Waals surface area contributed by atoms with Crippen molar-refractivity contribution in [1.29, 1.82) is 0 Å². The average Bonchev–Trinajstić information content (AvgIpc) is 2.94. The number of rotatable bonds is 2. The minimum absolute atomic E-state index is 0.248. The van der Waals surface area contributed by atoms with Crippen LogP contribution < -0.4 is 0 Å². The van der Waals surface area contributed by atoms with E-state index in [4.69, 9.17) is 0 Å². The van der Waals surface area contributed by atoms with Gasteiger partial charge >= 0.3 is 0 Å². The number of aromatic nitrogens is 3. The molecule has 0 amide bonds. The van der Waals surface area contributed by atoms with Gasteiger partial charge in [-0.05, 0) is 19.8 Å². The van der Waals surface area contributed by atoms with E-state index < -0.39 is 0 Å². The van der Waals surface area contributed by atoms with E-state index in [9.17, 15) is 4.79 Å². The zero-order valence-electron chi connectivity index (χ0n) is 9.64. The van der Waals surface area contributed by atoms with Gasteiger partial charge in [0.05, 0.1) is 28.8 Å². The van der Waals surface area contributed by atoms with Crippen LogP contribution in [0.1, 0.15) is 35.1 Å². The van der Waals surface area contributed by atoms with E-state index in [-0.39, 0.29) is 5.78 Å². The quantitative estimate of drug-likeness (QED) is 0.819. The third kappa shape index (κ3) is 1.70. The SMILES string of the molecule is CCn1cncc1-c1nc2c(s1)C(=O)CCC2. The lowest BCUT2D eigenvalue weighted by molar-refractivity contribution is 0.0976. The molecule has 0 atom stereocenters. The minimum Gasteiger partial charge on any atom is -0.329 e. The van der Waals surface area contributed by atoms with Crippen LogP contribution >= 0.6 is 11.3 Å². The van der Waals surface area contributed by atoms with E-state index in [2.05, 4.69) is 21.5 Å². The van der Waals surface area contributed by atoms with Gasteiger partial charge < -0.3 is 4.57 Å². The van der Waals surface area contributed by atoms with Crippen molar-refractivity contribution in [2.45, 2.75) is 32.7 Å². The van der Waals surface area contributed by atoms with Gasteiger partial charge in [0.25, 0.3) is 0 Å². The van der Waals surface area contributed by atoms with E-state index in [0.29, 0.717) is 6.42 Å². The molecule has 0 aliphatic heterocycles. The first-order valence-electron chi connectivity index (χ1n) is 5.83. The third-order valence-corrected chi connectivity index (χ3v) is 4.20. The van der Waals surface area contributed by atoms with Crippen LogP contribution in [0.15, 0.2) is 12.5 Å². The molecule has 2 heterocycles. The summed E-state index contributed by atoms with van der Waals surface area (Å²) in [4.78, 5) is 21.4. The molecule has 2 aromatic rings. The first-order valence-corrected chi connectivity index (χ1v) is 6.64. The molecule has 3 rings (SSSR count). The minimum atomic E-state index is 0.248. The van der Waals surface area contributed by atoms with Gasteiger partial charge in [-0.2, -0.15) is 0 Å². The van der Waals surface area contributed by atoms with Crippen LogP contribution in [-0.2, 0) is 13.0 Å². The largest absolute Gasteiger partial charge is 0.329 e. The normalized spacial score (nSPS) is 15.0. The number of fused-ring (bicyclic) bond motifs is 1. The molecule has 4 nitrogen and oxygen atoms in total. The maximum atomic E-state index is 11.8. The second kappa shape index (κ2) is 4.07. The second-order valence-corrected chi connectivity index (χ2v) is 5.14. The first kappa shape index (κ1) is 10.7. The number of aryl methyl sites for hydroxylation is 2. The lowest BCUT2D eigenvalue weighted by atomic mass is 10.0. The maximum Gasteiger partial charge on any atom is 0.174 e. The number of ketones is 1. The van der Waals surface area contributed by atoms with E-state index in [1.807, 2.05) is 6.20 Å². The van der Waals surface area contributed by atoms with Crippen molar-refractivity contribution in [3.05, 3.63) is 23.1 Å². The van der Waals surface area contributed by atoms with E-state index in [1.54, 1.807) is 6.33 Å². The zero-order valence-corrected chi connectivity index (χ0v) is 10.5. The summed E-state index contributed by atoms with van der Waals surface area (Å²) in [5.41, 5.74) is 1.99. The fourth-order valence-corrected chi connectivity index (χ4v) is 3.23. The second-order valence-electron chi connectivity index (χ2n) is 4.14. The Balaban J connectivity index is 2.08. The highest BCUT2D eigenvalue weighted by Gasteiger charge is 2.23. The number of thiazole rings is 1. The predicted octanol–water partition coefficient (Wildman–Crippen LogP) is 2.55. The Labute approximate surface area is 103 Å². The highest BCUT2D eigenvalue weighted by Crippen LogP contribution is 2.32. The summed E-state index contributed by atoms with van der Waals surface area (Å²) in [7, 11) is 0. The summed E-state index contributed by atoms with van der Waals surface area (Å²) in [5.74, 6) is 0.248. The van der Waals surface area contributed by atoms with Gasteiger partial charge in [0.1, 0.15) is 5.01 Å². The molecule has 0 aromatic carbocycles. The average molecular weight is 247 g/mol. The summed E-state index contributed by atoms with van der Waals surface area (Å²) in [6.45, 7) is 2.94. The van der Waals surface area contributed by atoms with Crippen molar-refractivity contribution in [3.8, 4) is 10.7 Å². The molecule has 0 N–H and O–H groups in total. The number of imidazole rings is 1. The smallest absolute Gasteiger partial charge is 0.174 e. The summed E-state index contributed by atoms with van der Waals surface area (Å²) in [6.07, 6.45) is 6.15. The molecule has 0 saturated heterocycles. The Morgan fingerprint density at radius 3 is 3.12 bits per heavy atom. The van der Waals surface area contributed by atoms with Crippen LogP contribution in [0.4, 0.5) is 0 Å². The van der Waals surface area contributed by atoms with Gasteiger partial charge in [-0.3, -0.25) is 4.79 Å². The van der Waals surface area contributed by atoms with Crippen LogP contribution in [-0.4, -0.2) is 20.3 Å². The number of hydrogen-bond donors (Lipinski definition) is 0. The van der Waals surface area contributed by atoms with Gasteiger partial charge in [0, 0.05) is 13.0 Å². The number of nitrogens with zero attached hydrogens (tertiary/aromatic N) is 3. The van der Waals surface area contributed by atoms with Crippen LogP contribution in [0, 0.1) is 0 Å². The molecule has 2 aromatic heterocycles. The molecule has 1 aliphatic rings. The van der Waals surface area contributed by atoms with Crippen LogP contribution in [0.25, 0.3) is 10.7 Å². The van der Waals surface area contributed by atoms with Crippen LogP contribution in [0.5, 0.6) is 0 Å². The Morgan fingerprint density at radius 1 is 1.47 bits per heavy atom. The standard InChI is InChI=1S/C12H13N3OS/c1-2-15-7-13-6-9(15)12-14-8-4-3-5-10(16)11(8)17-12/h6-7H,2-5H2,1H3. The van der Waals surface area contributed by atoms with Gasteiger partial charge in [-0.15, -0.1) is 11.3 Å². The third-order valence-electron chi connectivity index (χ3n) is 3.04. The molecule has 0 unspecified atom stereocenters. The Kier molecular flexibility index (Phi) is 2.55. The van der Waals surface area contributed by atoms with Crippen molar-refractivity contribution in [3.63, 3.8) is 0 Å². The maximum absolute atomic E-state index is 11.8. The topological polar surface area (TPSA) is 47.8 Å². The highest BCUT2D eigenvalue weighted by atomic mass is 32.1. The molecular weight excluding hydrogens is 234 g/mol. The molecular formula is C12H13N3OS. The number of carbonyl (C=O) groups is 1. The van der Waals surface area contributed by atoms with Crippen molar-refractivity contribution in [2.75, 3.05) is 0 Å². The summed E-state index contributed by atoms with van der Waals surface area (Å²) in [6, 6.07) is 0. The van der Waals surface area contributed by atoms with E-state index >= 15 is 0 Å². The summed E-state index contributed by atoms with van der Waals surface area (Å²) in [5, 5.41) is 0.921. The van der Waals surface area contributed by atoms with Gasteiger partial charge in [0.15, 0.2) is 5.78 Å². The molecule has 1 aliphatic carbocycles. The molecule has 5 heteroatoms. The van der Waals surface area contributed by atoms with Gasteiger partial charge in [-0.1, -0.05) is 0 Å². The molecule has 0 fully saturated rings. The van der Waals surface area contributed by atoms with Crippen LogP contribution in [0.3, 0.4) is 0 Å². The molecule has 17 heavy (non-hydrogen) atoms. The summed E-state index contributed by atoms with van der Waals surface area (Å²) < 4.78 is 2.05. The number of Topliss-reactive ketones (excluding diaryl/α,β-unsaturated/α-hetero) is 1. The Hall–Kier alpha value is -1.49. The number of hydrogen-bond acceptors (Lipinski definition) is 4. The Bertz CT molecular complexity index is 570. The number of carbonyl (C=O) groups excluding carboxylic acids is 1. The van der Waals surface area contributed by atoms with Crippen molar-refractivity contribution < 1.29 is 4.79 Å². The fourth-order valence-electron chi connectivity index (χ4n) is 2.13. The van der Waals surface area contributed by atoms with Crippen molar-refractivity contribution in [2.24, 2.45) is 0 Å². The molecule has 0 radical (unpaired) electrons. The molecule has 0 bridgehead atoms. The van der Waals surface area contributed by atoms with E-state index in [0.717, 1.165) is 40.7 Å². The van der Waals surface area contributed by atoms with Crippen LogP contribution in [0.2, 0.25) is 0 Å². The lowest BCUT2D eigenvalue weighted by Gasteiger charge is -2.06. The molecule has 0 saturated carbocycles. The molecule has 0 spiro atoms. The van der Waals surface area contributed by atoms with E-state index in [1.165, 1.54) is 11.3 Å². The monoisotopic (exact) mass is 247 g/mol. The molecule has 88 valence electrons. The zero-order chi connectivity index (χ0) is 11.8. The Morgan fingerprint density at radius 2 is 2.35 bits per heavy atom. The highest BCUT2D eigenvalue weighted by molar-refractivity contribution is 7.17. The predicted molar refractivity (Wildman–Crippen MR) is 66.3 cm³/mol. The summed E-state index contributed by atoms with van der Waals surface area (Å²) >= 11 is 1.51. The van der Waals surface area contributed by atoms with Crippen molar-refractivity contribution in [1.82, 2.24) is 14.5 Å².